The fourth-order valence-corrected chi connectivity index (χ4v) is 2.55. The van der Waals surface area contributed by atoms with Crippen molar-refractivity contribution in [3.63, 3.8) is 0 Å². The number of carbonyl (C=O) groups is 1. The van der Waals surface area contributed by atoms with Crippen LogP contribution in [0.15, 0.2) is 42.5 Å². The lowest BCUT2D eigenvalue weighted by molar-refractivity contribution is 0.102. The summed E-state index contributed by atoms with van der Waals surface area (Å²) in [5.74, 6) is -0.309. The van der Waals surface area contributed by atoms with E-state index in [1.165, 1.54) is 0 Å². The molecule has 0 saturated heterocycles. The summed E-state index contributed by atoms with van der Waals surface area (Å²) < 4.78 is 1.65. The zero-order chi connectivity index (χ0) is 17.3. The van der Waals surface area contributed by atoms with Gasteiger partial charge in [-0.25, -0.2) is 4.68 Å². The molecule has 2 aromatic carbocycles. The molecule has 0 radical (unpaired) electrons. The van der Waals surface area contributed by atoms with E-state index < -0.39 is 0 Å². The van der Waals surface area contributed by atoms with Crippen molar-refractivity contribution in [1.82, 2.24) is 15.0 Å². The predicted molar refractivity (Wildman–Crippen MR) is 95.0 cm³/mol. The van der Waals surface area contributed by atoms with Crippen molar-refractivity contribution in [2.24, 2.45) is 0 Å². The average Bonchev–Trinajstić information content (AvgIpc) is 2.93. The normalized spacial score (nSPS) is 10.7. The highest BCUT2D eigenvalue weighted by Crippen LogP contribution is 2.21. The van der Waals surface area contributed by atoms with Gasteiger partial charge in [0.15, 0.2) is 5.69 Å². The molecule has 0 fully saturated rings. The van der Waals surface area contributed by atoms with Gasteiger partial charge in [-0.15, -0.1) is 5.10 Å². The summed E-state index contributed by atoms with van der Waals surface area (Å²) in [6.07, 6.45) is 0. The smallest absolute Gasteiger partial charge is 0.278 e. The minimum absolute atomic E-state index is 0.287. The number of nitrogens with one attached hydrogen (secondary N) is 1. The van der Waals surface area contributed by atoms with Crippen LogP contribution < -0.4 is 5.32 Å². The summed E-state index contributed by atoms with van der Waals surface area (Å²) in [6.45, 7) is 5.74. The first-order valence-electron chi connectivity index (χ1n) is 7.52. The second-order valence-electron chi connectivity index (χ2n) is 5.68. The minimum Gasteiger partial charge on any atom is -0.320 e. The van der Waals surface area contributed by atoms with Crippen LogP contribution in [0.25, 0.3) is 5.69 Å². The van der Waals surface area contributed by atoms with Crippen LogP contribution in [-0.2, 0) is 0 Å². The van der Waals surface area contributed by atoms with Gasteiger partial charge in [-0.05, 0) is 50.6 Å². The number of benzene rings is 2. The number of aromatic nitrogens is 3. The van der Waals surface area contributed by atoms with Gasteiger partial charge >= 0.3 is 0 Å². The van der Waals surface area contributed by atoms with E-state index >= 15 is 0 Å². The second-order valence-corrected chi connectivity index (χ2v) is 6.12. The first-order chi connectivity index (χ1) is 11.5. The van der Waals surface area contributed by atoms with Gasteiger partial charge in [-0.1, -0.05) is 40.6 Å². The van der Waals surface area contributed by atoms with Crippen LogP contribution in [0.5, 0.6) is 0 Å². The number of anilines is 1. The molecule has 0 saturated carbocycles. The molecule has 0 unspecified atom stereocenters. The molecular formula is C18H17ClN4O. The van der Waals surface area contributed by atoms with Gasteiger partial charge in [0.2, 0.25) is 0 Å². The second kappa shape index (κ2) is 6.45. The van der Waals surface area contributed by atoms with Gasteiger partial charge in [-0.3, -0.25) is 4.79 Å². The molecule has 1 aromatic heterocycles. The summed E-state index contributed by atoms with van der Waals surface area (Å²) in [7, 11) is 0. The Bertz CT molecular complexity index is 900. The maximum absolute atomic E-state index is 12.5. The Hall–Kier alpha value is -2.66. The topological polar surface area (TPSA) is 59.8 Å². The molecule has 0 aliphatic carbocycles. The highest BCUT2D eigenvalue weighted by atomic mass is 35.5. The molecule has 24 heavy (non-hydrogen) atoms. The number of rotatable bonds is 3. The van der Waals surface area contributed by atoms with Crippen LogP contribution in [0, 0.1) is 20.8 Å². The molecule has 0 aliphatic rings. The number of nitrogens with zero attached hydrogens (tertiary/aromatic N) is 3. The van der Waals surface area contributed by atoms with Crippen LogP contribution in [0.2, 0.25) is 5.02 Å². The zero-order valence-corrected chi connectivity index (χ0v) is 14.4. The van der Waals surface area contributed by atoms with E-state index in [1.807, 2.05) is 51.1 Å². The minimum atomic E-state index is -0.309. The number of aryl methyl sites for hydroxylation is 2. The van der Waals surface area contributed by atoms with Gasteiger partial charge in [0, 0.05) is 10.7 Å². The monoisotopic (exact) mass is 340 g/mol. The van der Waals surface area contributed by atoms with Crippen LogP contribution in [0.1, 0.15) is 27.3 Å². The summed E-state index contributed by atoms with van der Waals surface area (Å²) in [5.41, 5.74) is 4.58. The fourth-order valence-electron chi connectivity index (χ4n) is 2.38. The highest BCUT2D eigenvalue weighted by molar-refractivity contribution is 6.31. The van der Waals surface area contributed by atoms with Crippen LogP contribution in [-0.4, -0.2) is 20.9 Å². The van der Waals surface area contributed by atoms with Crippen molar-refractivity contribution >= 4 is 23.2 Å². The number of carbonyl (C=O) groups excluding carboxylic acids is 1. The summed E-state index contributed by atoms with van der Waals surface area (Å²) in [4.78, 5) is 12.5. The molecule has 0 atom stereocenters. The molecule has 0 spiro atoms. The Morgan fingerprint density at radius 3 is 2.50 bits per heavy atom. The number of hydrogen-bond donors (Lipinski definition) is 1. The van der Waals surface area contributed by atoms with E-state index in [-0.39, 0.29) is 11.6 Å². The molecule has 1 amide bonds. The molecule has 5 nitrogen and oxygen atoms in total. The van der Waals surface area contributed by atoms with Crippen LogP contribution >= 0.6 is 11.6 Å². The van der Waals surface area contributed by atoms with E-state index in [4.69, 9.17) is 11.6 Å². The number of hydrogen-bond acceptors (Lipinski definition) is 3. The van der Waals surface area contributed by atoms with Crippen molar-refractivity contribution in [3.8, 4) is 5.69 Å². The standard InChI is InChI=1S/C18H17ClN4O/c1-11-4-8-15(9-5-11)23-13(3)17(21-22-23)18(24)20-16-10-14(19)7-6-12(16)2/h4-10H,1-3H3,(H,20,24). The lowest BCUT2D eigenvalue weighted by atomic mass is 10.2. The van der Waals surface area contributed by atoms with Crippen molar-refractivity contribution in [1.29, 1.82) is 0 Å². The lowest BCUT2D eigenvalue weighted by Gasteiger charge is -2.08. The van der Waals surface area contributed by atoms with E-state index in [1.54, 1.807) is 16.8 Å². The van der Waals surface area contributed by atoms with E-state index in [0.29, 0.717) is 16.4 Å². The Balaban J connectivity index is 1.89. The quantitative estimate of drug-likeness (QED) is 0.781. The SMILES string of the molecule is Cc1ccc(-n2nnc(C(=O)Nc3cc(Cl)ccc3C)c2C)cc1. The largest absolute Gasteiger partial charge is 0.320 e. The van der Waals surface area contributed by atoms with E-state index in [9.17, 15) is 4.79 Å². The molecule has 0 bridgehead atoms. The third-order valence-electron chi connectivity index (χ3n) is 3.84. The number of halogens is 1. The number of amides is 1. The summed E-state index contributed by atoms with van der Waals surface area (Å²) >= 11 is 5.99. The summed E-state index contributed by atoms with van der Waals surface area (Å²) in [5, 5.41) is 11.5. The van der Waals surface area contributed by atoms with Crippen molar-refractivity contribution in [3.05, 3.63) is 70.0 Å². The molecule has 3 aromatic rings. The van der Waals surface area contributed by atoms with E-state index in [0.717, 1.165) is 16.8 Å². The fraction of sp³-hybridized carbons (Fsp3) is 0.167. The molecule has 1 heterocycles. The molecule has 3 rings (SSSR count). The van der Waals surface area contributed by atoms with Gasteiger partial charge in [0.1, 0.15) is 0 Å². The van der Waals surface area contributed by atoms with Gasteiger partial charge in [0.05, 0.1) is 11.4 Å². The summed E-state index contributed by atoms with van der Waals surface area (Å²) in [6, 6.07) is 13.2. The Labute approximate surface area is 145 Å². The Kier molecular flexibility index (Phi) is 4.36. The maximum Gasteiger partial charge on any atom is 0.278 e. The van der Waals surface area contributed by atoms with Gasteiger partial charge < -0.3 is 5.32 Å². The third kappa shape index (κ3) is 3.16. The van der Waals surface area contributed by atoms with Crippen LogP contribution in [0.3, 0.4) is 0 Å². The van der Waals surface area contributed by atoms with Crippen LogP contribution in [0.4, 0.5) is 5.69 Å². The average molecular weight is 341 g/mol. The first kappa shape index (κ1) is 16.2. The Morgan fingerprint density at radius 1 is 1.08 bits per heavy atom. The molecule has 6 heteroatoms. The molecule has 122 valence electrons. The predicted octanol–water partition coefficient (Wildman–Crippen LogP) is 4.10. The van der Waals surface area contributed by atoms with Crippen molar-refractivity contribution < 1.29 is 4.79 Å². The van der Waals surface area contributed by atoms with E-state index in [2.05, 4.69) is 15.6 Å². The molecular weight excluding hydrogens is 324 g/mol. The highest BCUT2D eigenvalue weighted by Gasteiger charge is 2.18. The first-order valence-corrected chi connectivity index (χ1v) is 7.90. The molecule has 0 aliphatic heterocycles. The van der Waals surface area contributed by atoms with Crippen molar-refractivity contribution in [2.75, 3.05) is 5.32 Å². The third-order valence-corrected chi connectivity index (χ3v) is 4.07. The zero-order valence-electron chi connectivity index (χ0n) is 13.7. The van der Waals surface area contributed by atoms with Gasteiger partial charge in [-0.2, -0.15) is 0 Å². The Morgan fingerprint density at radius 2 is 1.79 bits per heavy atom. The van der Waals surface area contributed by atoms with Gasteiger partial charge in [0.25, 0.3) is 5.91 Å². The van der Waals surface area contributed by atoms with Crippen molar-refractivity contribution in [2.45, 2.75) is 20.8 Å². The maximum atomic E-state index is 12.5. The molecule has 1 N–H and O–H groups in total. The lowest BCUT2D eigenvalue weighted by Crippen LogP contribution is -2.15.